The van der Waals surface area contributed by atoms with Gasteiger partial charge in [-0.05, 0) is 17.2 Å². The molecule has 7 heteroatoms. The number of urea groups is 1. The molecule has 0 radical (unpaired) electrons. The fourth-order valence-electron chi connectivity index (χ4n) is 3.67. The number of piperazine rings is 1. The Kier molecular flexibility index (Phi) is 5.67. The molecular weight excluding hydrogens is 366 g/mol. The van der Waals surface area contributed by atoms with Crippen molar-refractivity contribution in [2.45, 2.75) is 6.04 Å². The molecule has 1 aliphatic heterocycles. The number of rotatable bonds is 4. The lowest BCUT2D eigenvalue weighted by molar-refractivity contribution is 0.126. The van der Waals surface area contributed by atoms with Crippen LogP contribution < -0.4 is 10.9 Å². The van der Waals surface area contributed by atoms with Crippen molar-refractivity contribution in [1.82, 2.24) is 20.0 Å². The van der Waals surface area contributed by atoms with Crippen molar-refractivity contribution in [2.75, 3.05) is 31.5 Å². The maximum atomic E-state index is 12.5. The Balaban J connectivity index is 1.44. The summed E-state index contributed by atoms with van der Waals surface area (Å²) >= 11 is 0. The van der Waals surface area contributed by atoms with Crippen molar-refractivity contribution in [2.24, 2.45) is 0 Å². The first-order valence-corrected chi connectivity index (χ1v) is 9.66. The van der Waals surface area contributed by atoms with Crippen LogP contribution >= 0.6 is 0 Å². The van der Waals surface area contributed by atoms with Gasteiger partial charge >= 0.3 is 6.03 Å². The minimum Gasteiger partial charge on any atom is -0.322 e. The molecule has 1 fully saturated rings. The zero-order valence-corrected chi connectivity index (χ0v) is 16.0. The molecule has 0 unspecified atom stereocenters. The molecule has 1 aliphatic rings. The van der Waals surface area contributed by atoms with Gasteiger partial charge in [-0.1, -0.05) is 60.7 Å². The van der Waals surface area contributed by atoms with E-state index in [4.69, 9.17) is 0 Å². The smallest absolute Gasteiger partial charge is 0.322 e. The van der Waals surface area contributed by atoms with E-state index in [0.717, 1.165) is 13.1 Å². The van der Waals surface area contributed by atoms with Gasteiger partial charge in [0.25, 0.3) is 5.56 Å². The third kappa shape index (κ3) is 4.52. The molecule has 1 saturated heterocycles. The van der Waals surface area contributed by atoms with E-state index < -0.39 is 0 Å². The van der Waals surface area contributed by atoms with E-state index in [0.29, 0.717) is 18.9 Å². The number of nitrogens with one attached hydrogen (secondary N) is 2. The number of nitrogens with zero attached hydrogens (tertiary/aromatic N) is 3. The lowest BCUT2D eigenvalue weighted by atomic mass is 9.96. The highest BCUT2D eigenvalue weighted by molar-refractivity contribution is 5.88. The number of anilines is 1. The number of H-pyrrole nitrogens is 1. The van der Waals surface area contributed by atoms with Crippen LogP contribution in [0.1, 0.15) is 17.2 Å². The normalized spacial score (nSPS) is 14.7. The van der Waals surface area contributed by atoms with Crippen LogP contribution in [0.15, 0.2) is 77.6 Å². The predicted octanol–water partition coefficient (Wildman–Crippen LogP) is 2.71. The molecule has 2 amide bonds. The van der Waals surface area contributed by atoms with Crippen molar-refractivity contribution in [3.8, 4) is 0 Å². The summed E-state index contributed by atoms with van der Waals surface area (Å²) in [5, 5.41) is 8.88. The van der Waals surface area contributed by atoms with Crippen molar-refractivity contribution in [1.29, 1.82) is 0 Å². The first-order chi connectivity index (χ1) is 14.2. The Morgan fingerprint density at radius 1 is 0.862 bits per heavy atom. The second-order valence-electron chi connectivity index (χ2n) is 6.98. The van der Waals surface area contributed by atoms with Gasteiger partial charge in [0.05, 0.1) is 6.04 Å². The summed E-state index contributed by atoms with van der Waals surface area (Å²) in [6.45, 7) is 2.76. The molecule has 148 valence electrons. The van der Waals surface area contributed by atoms with Gasteiger partial charge in [-0.15, -0.1) is 0 Å². The monoisotopic (exact) mass is 389 g/mol. The van der Waals surface area contributed by atoms with Gasteiger partial charge in [0.2, 0.25) is 0 Å². The maximum absolute atomic E-state index is 12.5. The van der Waals surface area contributed by atoms with Crippen LogP contribution in [0.25, 0.3) is 0 Å². The SMILES string of the molecule is O=C(Nc1ccc(=O)[nH]n1)N1CCN(C(c2ccccc2)c2ccccc2)CC1. The highest BCUT2D eigenvalue weighted by Gasteiger charge is 2.28. The molecule has 2 aromatic carbocycles. The van der Waals surface area contributed by atoms with Crippen LogP contribution in [0.2, 0.25) is 0 Å². The Bertz CT molecular complexity index is 938. The van der Waals surface area contributed by atoms with E-state index in [1.807, 2.05) is 12.1 Å². The van der Waals surface area contributed by atoms with Gasteiger partial charge in [0.15, 0.2) is 5.82 Å². The molecule has 0 atom stereocenters. The quantitative estimate of drug-likeness (QED) is 0.719. The lowest BCUT2D eigenvalue weighted by Crippen LogP contribution is -2.51. The molecule has 7 nitrogen and oxygen atoms in total. The van der Waals surface area contributed by atoms with Crippen LogP contribution in [-0.2, 0) is 0 Å². The Hall–Kier alpha value is -3.45. The molecule has 29 heavy (non-hydrogen) atoms. The topological polar surface area (TPSA) is 81.3 Å². The first-order valence-electron chi connectivity index (χ1n) is 9.66. The van der Waals surface area contributed by atoms with Crippen LogP contribution in [0.5, 0.6) is 0 Å². The van der Waals surface area contributed by atoms with Crippen LogP contribution in [0, 0.1) is 0 Å². The molecule has 0 spiro atoms. The maximum Gasteiger partial charge on any atom is 0.323 e. The molecular formula is C22H23N5O2. The van der Waals surface area contributed by atoms with E-state index in [1.165, 1.54) is 23.3 Å². The average molecular weight is 389 g/mol. The fourth-order valence-corrected chi connectivity index (χ4v) is 3.67. The highest BCUT2D eigenvalue weighted by atomic mass is 16.2. The largest absolute Gasteiger partial charge is 0.323 e. The Morgan fingerprint density at radius 2 is 1.45 bits per heavy atom. The van der Waals surface area contributed by atoms with Crippen molar-refractivity contribution >= 4 is 11.8 Å². The third-order valence-electron chi connectivity index (χ3n) is 5.11. The van der Waals surface area contributed by atoms with Crippen molar-refractivity contribution in [3.05, 3.63) is 94.3 Å². The summed E-state index contributed by atoms with van der Waals surface area (Å²) in [6.07, 6.45) is 0. The van der Waals surface area contributed by atoms with Gasteiger partial charge in [-0.25, -0.2) is 9.89 Å². The summed E-state index contributed by atoms with van der Waals surface area (Å²) in [5.74, 6) is 0.337. The number of hydrogen-bond donors (Lipinski definition) is 2. The third-order valence-corrected chi connectivity index (χ3v) is 5.11. The number of aromatic nitrogens is 2. The summed E-state index contributed by atoms with van der Waals surface area (Å²) in [6, 6.07) is 23.7. The van der Waals surface area contributed by atoms with Gasteiger partial charge in [-0.3, -0.25) is 15.0 Å². The van der Waals surface area contributed by atoms with Crippen molar-refractivity contribution < 1.29 is 4.79 Å². The Morgan fingerprint density at radius 3 is 1.97 bits per heavy atom. The first kappa shape index (κ1) is 18.9. The number of carbonyl (C=O) groups excluding carboxylic acids is 1. The lowest BCUT2D eigenvalue weighted by Gasteiger charge is -2.39. The number of aromatic amines is 1. The summed E-state index contributed by atoms with van der Waals surface area (Å²) in [5.41, 5.74) is 2.19. The molecule has 3 aromatic rings. The predicted molar refractivity (Wildman–Crippen MR) is 112 cm³/mol. The number of benzene rings is 2. The highest BCUT2D eigenvalue weighted by Crippen LogP contribution is 2.29. The number of carbonyl (C=O) groups is 1. The van der Waals surface area contributed by atoms with E-state index in [9.17, 15) is 9.59 Å². The van der Waals surface area contributed by atoms with E-state index >= 15 is 0 Å². The second kappa shape index (κ2) is 8.70. The second-order valence-corrected chi connectivity index (χ2v) is 6.98. The zero-order valence-electron chi connectivity index (χ0n) is 16.0. The molecule has 0 bridgehead atoms. The van der Waals surface area contributed by atoms with E-state index in [-0.39, 0.29) is 17.6 Å². The molecule has 4 rings (SSSR count). The Labute approximate surface area is 169 Å². The minimum absolute atomic E-state index is 0.156. The summed E-state index contributed by atoms with van der Waals surface area (Å²) < 4.78 is 0. The average Bonchev–Trinajstić information content (AvgIpc) is 2.77. The van der Waals surface area contributed by atoms with Crippen LogP contribution in [0.4, 0.5) is 10.6 Å². The molecule has 1 aromatic heterocycles. The number of amides is 2. The molecule has 0 aliphatic carbocycles. The summed E-state index contributed by atoms with van der Waals surface area (Å²) in [4.78, 5) is 27.8. The van der Waals surface area contributed by atoms with E-state index in [2.05, 4.69) is 68.9 Å². The van der Waals surface area contributed by atoms with E-state index in [1.54, 1.807) is 4.90 Å². The minimum atomic E-state index is -0.301. The van der Waals surface area contributed by atoms with Crippen LogP contribution in [0.3, 0.4) is 0 Å². The molecule has 0 saturated carbocycles. The number of hydrogen-bond acceptors (Lipinski definition) is 4. The van der Waals surface area contributed by atoms with Crippen LogP contribution in [-0.4, -0.2) is 52.2 Å². The summed E-state index contributed by atoms with van der Waals surface area (Å²) in [7, 11) is 0. The van der Waals surface area contributed by atoms with Crippen molar-refractivity contribution in [3.63, 3.8) is 0 Å². The van der Waals surface area contributed by atoms with Gasteiger partial charge in [0.1, 0.15) is 0 Å². The molecule has 2 N–H and O–H groups in total. The fraction of sp³-hybridized carbons (Fsp3) is 0.227. The van der Waals surface area contributed by atoms with Gasteiger partial charge in [-0.2, -0.15) is 5.10 Å². The standard InChI is InChI=1S/C22H23N5O2/c28-20-12-11-19(24-25-20)23-22(29)27-15-13-26(14-16-27)21(17-7-3-1-4-8-17)18-9-5-2-6-10-18/h1-12,21H,13-16H2,(H,25,28)(H,23,24,29). The van der Waals surface area contributed by atoms with Gasteiger partial charge < -0.3 is 4.90 Å². The molecule has 2 heterocycles. The zero-order chi connectivity index (χ0) is 20.1. The van der Waals surface area contributed by atoms with Gasteiger partial charge in [0, 0.05) is 32.2 Å².